The van der Waals surface area contributed by atoms with Crippen molar-refractivity contribution in [1.29, 1.82) is 0 Å². The number of hydrogen-bond donors (Lipinski definition) is 2. The largest absolute Gasteiger partial charge is 0.464 e. The van der Waals surface area contributed by atoms with E-state index in [1.54, 1.807) is 30.3 Å². The second kappa shape index (κ2) is 8.35. The van der Waals surface area contributed by atoms with E-state index in [9.17, 15) is 13.8 Å². The van der Waals surface area contributed by atoms with Crippen LogP contribution in [0.15, 0.2) is 35.2 Å². The number of benzene rings is 1. The van der Waals surface area contributed by atoms with Gasteiger partial charge in [-0.05, 0) is 41.3 Å². The lowest BCUT2D eigenvalue weighted by Gasteiger charge is -2.12. The van der Waals surface area contributed by atoms with E-state index in [0.717, 1.165) is 0 Å². The highest BCUT2D eigenvalue weighted by Gasteiger charge is 2.14. The Morgan fingerprint density at radius 1 is 1.38 bits per heavy atom. The summed E-state index contributed by atoms with van der Waals surface area (Å²) in [6.45, 7) is -0.0800. The van der Waals surface area contributed by atoms with Crippen molar-refractivity contribution in [3.8, 4) is 11.1 Å². The van der Waals surface area contributed by atoms with Gasteiger partial charge in [0.1, 0.15) is 12.3 Å². The Kier molecular flexibility index (Phi) is 6.41. The number of methoxy groups -OCH3 is 1. The fourth-order valence-corrected chi connectivity index (χ4v) is 2.86. The van der Waals surface area contributed by atoms with Crippen molar-refractivity contribution < 1.29 is 22.7 Å². The van der Waals surface area contributed by atoms with Gasteiger partial charge in [-0.15, -0.1) is 12.6 Å². The molecule has 9 heteroatoms. The third kappa shape index (κ3) is 5.32. The van der Waals surface area contributed by atoms with Crippen molar-refractivity contribution >= 4 is 46.4 Å². The third-order valence-corrected chi connectivity index (χ3v) is 4.25. The number of pyridine rings is 1. The Bertz CT molecular complexity index is 942. The van der Waals surface area contributed by atoms with Crippen LogP contribution in [0.5, 0.6) is 0 Å². The standard InChI is InChI=1S/C17H18N2O5S2/c1-23-17(21)15-7-11(6-13(19-15)9-24-26(2,3)22)14-5-4-12(18-10-20)8-16(14)25/h4-8,10,25H,2,9H2,1,3H3,(H,18,20). The number of ether oxygens (including phenoxy) is 1. The fourth-order valence-electron chi connectivity index (χ4n) is 2.14. The third-order valence-electron chi connectivity index (χ3n) is 3.26. The maximum Gasteiger partial charge on any atom is 0.356 e. The molecule has 0 aliphatic carbocycles. The highest BCUT2D eigenvalue weighted by Crippen LogP contribution is 2.30. The van der Waals surface area contributed by atoms with Gasteiger partial charge in [-0.2, -0.15) is 0 Å². The van der Waals surface area contributed by atoms with Gasteiger partial charge in [-0.1, -0.05) is 6.07 Å². The molecule has 7 nitrogen and oxygen atoms in total. The summed E-state index contributed by atoms with van der Waals surface area (Å²) in [4.78, 5) is 27.2. The van der Waals surface area contributed by atoms with E-state index in [1.165, 1.54) is 13.4 Å². The Labute approximate surface area is 157 Å². The van der Waals surface area contributed by atoms with Crippen LogP contribution in [-0.4, -0.2) is 40.8 Å². The van der Waals surface area contributed by atoms with Crippen LogP contribution >= 0.6 is 12.6 Å². The van der Waals surface area contributed by atoms with Crippen LogP contribution in [0.25, 0.3) is 11.1 Å². The van der Waals surface area contributed by atoms with Gasteiger partial charge in [-0.25, -0.2) is 14.0 Å². The van der Waals surface area contributed by atoms with Crippen molar-refractivity contribution in [3.63, 3.8) is 0 Å². The van der Waals surface area contributed by atoms with E-state index < -0.39 is 15.8 Å². The fraction of sp³-hybridized carbons (Fsp3) is 0.176. The molecule has 0 spiro atoms. The van der Waals surface area contributed by atoms with Crippen molar-refractivity contribution in [2.24, 2.45) is 0 Å². The normalized spacial score (nSPS) is 12.9. The molecule has 1 aromatic carbocycles. The molecular formula is C17H18N2O5S2. The summed E-state index contributed by atoms with van der Waals surface area (Å²) in [5.41, 5.74) is 2.42. The van der Waals surface area contributed by atoms with Crippen LogP contribution in [0.1, 0.15) is 16.2 Å². The number of carbonyl (C=O) groups is 2. The Morgan fingerprint density at radius 3 is 2.69 bits per heavy atom. The molecule has 1 atom stereocenters. The molecule has 0 aliphatic heterocycles. The monoisotopic (exact) mass is 394 g/mol. The topological polar surface area (TPSA) is 94.6 Å². The number of nitrogens with one attached hydrogen (secondary N) is 1. The maximum absolute atomic E-state index is 11.9. The van der Waals surface area contributed by atoms with Crippen molar-refractivity contribution in [3.05, 3.63) is 41.7 Å². The van der Waals surface area contributed by atoms with Gasteiger partial charge < -0.3 is 10.1 Å². The van der Waals surface area contributed by atoms with Gasteiger partial charge in [0.2, 0.25) is 6.41 Å². The van der Waals surface area contributed by atoms with Gasteiger partial charge >= 0.3 is 5.97 Å². The maximum atomic E-state index is 11.9. The number of anilines is 1. The zero-order chi connectivity index (χ0) is 19.3. The van der Waals surface area contributed by atoms with E-state index >= 15 is 0 Å². The number of aromatic nitrogens is 1. The van der Waals surface area contributed by atoms with Crippen LogP contribution < -0.4 is 5.32 Å². The summed E-state index contributed by atoms with van der Waals surface area (Å²) < 4.78 is 21.6. The SMILES string of the molecule is C=S(C)(=O)OCc1cc(-c2ccc(NC=O)cc2S)cc(C(=O)OC)n1. The van der Waals surface area contributed by atoms with E-state index in [-0.39, 0.29) is 12.3 Å². The molecule has 0 radical (unpaired) electrons. The number of amides is 1. The number of esters is 1. The summed E-state index contributed by atoms with van der Waals surface area (Å²) in [7, 11) is -1.42. The van der Waals surface area contributed by atoms with Crippen LogP contribution in [-0.2, 0) is 30.1 Å². The van der Waals surface area contributed by atoms with Gasteiger partial charge in [0, 0.05) is 16.8 Å². The van der Waals surface area contributed by atoms with E-state index in [0.29, 0.717) is 33.8 Å². The predicted octanol–water partition coefficient (Wildman–Crippen LogP) is 2.17. The lowest BCUT2D eigenvalue weighted by Crippen LogP contribution is -2.09. The first-order valence-electron chi connectivity index (χ1n) is 7.33. The first kappa shape index (κ1) is 20.0. The molecule has 1 amide bonds. The lowest BCUT2D eigenvalue weighted by molar-refractivity contribution is -0.105. The molecular weight excluding hydrogens is 376 g/mol. The van der Waals surface area contributed by atoms with Crippen LogP contribution in [0.4, 0.5) is 5.69 Å². The van der Waals surface area contributed by atoms with E-state index in [4.69, 9.17) is 8.92 Å². The van der Waals surface area contributed by atoms with Gasteiger partial charge in [0.05, 0.1) is 22.6 Å². The molecule has 0 saturated heterocycles. The smallest absolute Gasteiger partial charge is 0.356 e. The van der Waals surface area contributed by atoms with Crippen molar-refractivity contribution in [2.75, 3.05) is 18.7 Å². The van der Waals surface area contributed by atoms with Crippen molar-refractivity contribution in [2.45, 2.75) is 11.5 Å². The number of carbonyl (C=O) groups excluding carboxylic acids is 2. The molecule has 0 bridgehead atoms. The summed E-state index contributed by atoms with van der Waals surface area (Å²) in [5.74, 6) is 2.81. The Balaban J connectivity index is 2.49. The highest BCUT2D eigenvalue weighted by molar-refractivity contribution is 7.95. The average Bonchev–Trinajstić information content (AvgIpc) is 2.59. The van der Waals surface area contributed by atoms with Gasteiger partial charge in [0.15, 0.2) is 0 Å². The summed E-state index contributed by atoms with van der Waals surface area (Å²) in [6.07, 6.45) is 1.93. The first-order valence-corrected chi connectivity index (χ1v) is 9.83. The van der Waals surface area contributed by atoms with Crippen LogP contribution in [0.2, 0.25) is 0 Å². The molecule has 1 N–H and O–H groups in total. The molecule has 2 aromatic rings. The molecule has 0 aliphatic rings. The second-order valence-electron chi connectivity index (χ2n) is 5.41. The molecule has 0 saturated carbocycles. The minimum absolute atomic E-state index is 0.0800. The molecule has 138 valence electrons. The molecule has 26 heavy (non-hydrogen) atoms. The number of thiol groups is 1. The van der Waals surface area contributed by atoms with E-state index in [1.807, 2.05) is 0 Å². The molecule has 1 unspecified atom stereocenters. The molecule has 1 heterocycles. The minimum Gasteiger partial charge on any atom is -0.464 e. The van der Waals surface area contributed by atoms with Gasteiger partial charge in [-0.3, -0.25) is 8.98 Å². The number of rotatable bonds is 7. The highest BCUT2D eigenvalue weighted by atomic mass is 32.2. The minimum atomic E-state index is -2.67. The second-order valence-corrected chi connectivity index (χ2v) is 7.98. The van der Waals surface area contributed by atoms with Crippen molar-refractivity contribution in [1.82, 2.24) is 4.98 Å². The van der Waals surface area contributed by atoms with E-state index in [2.05, 4.69) is 28.8 Å². The van der Waals surface area contributed by atoms with Crippen LogP contribution in [0, 0.1) is 0 Å². The Morgan fingerprint density at radius 2 is 2.12 bits per heavy atom. The average molecular weight is 394 g/mol. The first-order chi connectivity index (χ1) is 12.2. The summed E-state index contributed by atoms with van der Waals surface area (Å²) >= 11 is 4.43. The summed E-state index contributed by atoms with van der Waals surface area (Å²) in [5, 5.41) is 2.54. The lowest BCUT2D eigenvalue weighted by atomic mass is 10.0. The Hall–Kier alpha value is -2.36. The zero-order valence-electron chi connectivity index (χ0n) is 14.2. The molecule has 1 aromatic heterocycles. The van der Waals surface area contributed by atoms with Gasteiger partial charge in [0.25, 0.3) is 0 Å². The number of hydrogen-bond acceptors (Lipinski definition) is 7. The zero-order valence-corrected chi connectivity index (χ0v) is 15.9. The molecule has 0 fully saturated rings. The number of nitrogens with zero attached hydrogens (tertiary/aromatic N) is 1. The predicted molar refractivity (Wildman–Crippen MR) is 104 cm³/mol. The molecule has 2 rings (SSSR count). The van der Waals surface area contributed by atoms with Crippen LogP contribution in [0.3, 0.4) is 0 Å². The summed E-state index contributed by atoms with van der Waals surface area (Å²) in [6, 6.07) is 8.38. The quantitative estimate of drug-likeness (QED) is 0.323.